The van der Waals surface area contributed by atoms with E-state index in [-0.39, 0.29) is 0 Å². The van der Waals surface area contributed by atoms with Crippen molar-refractivity contribution in [2.75, 3.05) is 46.0 Å². The maximum Gasteiger partial charge on any atom is 0.0316 e. The lowest BCUT2D eigenvalue weighted by Crippen LogP contribution is -2.28. The summed E-state index contributed by atoms with van der Waals surface area (Å²) in [6.45, 7) is 6.94. The molecule has 1 aromatic rings. The highest BCUT2D eigenvalue weighted by Gasteiger charge is 2.03. The van der Waals surface area contributed by atoms with Gasteiger partial charge in [-0.1, -0.05) is 19.1 Å². The highest BCUT2D eigenvalue weighted by Crippen LogP contribution is 2.09. The molecule has 3 nitrogen and oxygen atoms in total. The standard InChI is InChI=1S/C16H29N3/c1-4-19(13-7-11-18(2)3)12-6-9-15-8-5-10-16(17)14-15/h5,8,10,14H,4,6-7,9,11-13,17H2,1-3H3. The predicted molar refractivity (Wildman–Crippen MR) is 84.5 cm³/mol. The fraction of sp³-hybridized carbons (Fsp3) is 0.625. The fourth-order valence-electron chi connectivity index (χ4n) is 2.29. The van der Waals surface area contributed by atoms with Crippen LogP contribution < -0.4 is 5.73 Å². The van der Waals surface area contributed by atoms with Crippen molar-refractivity contribution >= 4 is 5.69 Å². The van der Waals surface area contributed by atoms with Crippen molar-refractivity contribution in [1.82, 2.24) is 9.80 Å². The SMILES string of the molecule is CCN(CCCc1cccc(N)c1)CCCN(C)C. The third-order valence-corrected chi connectivity index (χ3v) is 3.42. The van der Waals surface area contributed by atoms with Crippen molar-refractivity contribution in [1.29, 1.82) is 0 Å². The highest BCUT2D eigenvalue weighted by atomic mass is 15.1. The van der Waals surface area contributed by atoms with Crippen molar-refractivity contribution in [3.63, 3.8) is 0 Å². The Hall–Kier alpha value is -1.06. The Bertz CT molecular complexity index is 350. The number of rotatable bonds is 9. The van der Waals surface area contributed by atoms with E-state index in [1.165, 1.54) is 38.0 Å². The van der Waals surface area contributed by atoms with E-state index in [1.807, 2.05) is 12.1 Å². The summed E-state index contributed by atoms with van der Waals surface area (Å²) in [5.74, 6) is 0. The Kier molecular flexibility index (Phi) is 7.53. The molecule has 0 saturated heterocycles. The highest BCUT2D eigenvalue weighted by molar-refractivity contribution is 5.40. The van der Waals surface area contributed by atoms with Crippen LogP contribution in [-0.4, -0.2) is 50.1 Å². The van der Waals surface area contributed by atoms with Crippen molar-refractivity contribution in [2.24, 2.45) is 0 Å². The molecule has 0 aromatic heterocycles. The van der Waals surface area contributed by atoms with Crippen LogP contribution in [0.3, 0.4) is 0 Å². The zero-order chi connectivity index (χ0) is 14.1. The van der Waals surface area contributed by atoms with Crippen molar-refractivity contribution in [3.05, 3.63) is 29.8 Å². The first kappa shape index (κ1) is 16.0. The minimum absolute atomic E-state index is 0.871. The van der Waals surface area contributed by atoms with Gasteiger partial charge in [0.25, 0.3) is 0 Å². The minimum Gasteiger partial charge on any atom is -0.399 e. The molecule has 0 atom stereocenters. The summed E-state index contributed by atoms with van der Waals surface area (Å²) in [5, 5.41) is 0. The maximum absolute atomic E-state index is 5.80. The van der Waals surface area contributed by atoms with Gasteiger partial charge in [0.2, 0.25) is 0 Å². The van der Waals surface area contributed by atoms with Gasteiger partial charge in [0.15, 0.2) is 0 Å². The van der Waals surface area contributed by atoms with Gasteiger partial charge in [-0.05, 0) is 77.2 Å². The second-order valence-corrected chi connectivity index (χ2v) is 5.44. The number of hydrogen-bond acceptors (Lipinski definition) is 3. The summed E-state index contributed by atoms with van der Waals surface area (Å²) >= 11 is 0. The van der Waals surface area contributed by atoms with E-state index in [9.17, 15) is 0 Å². The zero-order valence-corrected chi connectivity index (χ0v) is 12.7. The van der Waals surface area contributed by atoms with E-state index in [2.05, 4.69) is 43.0 Å². The predicted octanol–water partition coefficient (Wildman–Crippen LogP) is 2.48. The van der Waals surface area contributed by atoms with Crippen LogP contribution in [0.25, 0.3) is 0 Å². The smallest absolute Gasteiger partial charge is 0.0316 e. The lowest BCUT2D eigenvalue weighted by Gasteiger charge is -2.21. The van der Waals surface area contributed by atoms with Gasteiger partial charge in [-0.3, -0.25) is 0 Å². The molecule has 0 radical (unpaired) electrons. The molecule has 0 amide bonds. The molecule has 1 rings (SSSR count). The lowest BCUT2D eigenvalue weighted by molar-refractivity contribution is 0.264. The molecule has 2 N–H and O–H groups in total. The van der Waals surface area contributed by atoms with Gasteiger partial charge in [0.1, 0.15) is 0 Å². The molecule has 0 fully saturated rings. The average molecular weight is 263 g/mol. The largest absolute Gasteiger partial charge is 0.399 e. The second-order valence-electron chi connectivity index (χ2n) is 5.44. The summed E-state index contributed by atoms with van der Waals surface area (Å²) in [7, 11) is 4.27. The molecule has 0 aliphatic heterocycles. The number of benzene rings is 1. The third-order valence-electron chi connectivity index (χ3n) is 3.42. The Balaban J connectivity index is 2.22. The fourth-order valence-corrected chi connectivity index (χ4v) is 2.29. The van der Waals surface area contributed by atoms with Crippen LogP contribution in [0.5, 0.6) is 0 Å². The van der Waals surface area contributed by atoms with Gasteiger partial charge in [0.05, 0.1) is 0 Å². The van der Waals surface area contributed by atoms with E-state index >= 15 is 0 Å². The topological polar surface area (TPSA) is 32.5 Å². The molecule has 0 aliphatic rings. The Labute approximate surface area is 118 Å². The summed E-state index contributed by atoms with van der Waals surface area (Å²) in [6, 6.07) is 8.24. The number of anilines is 1. The van der Waals surface area contributed by atoms with Gasteiger partial charge in [-0.25, -0.2) is 0 Å². The normalized spacial score (nSPS) is 11.4. The number of nitrogen functional groups attached to an aromatic ring is 1. The summed E-state index contributed by atoms with van der Waals surface area (Å²) < 4.78 is 0. The maximum atomic E-state index is 5.80. The number of aryl methyl sites for hydroxylation is 1. The van der Waals surface area contributed by atoms with Crippen LogP contribution in [0.15, 0.2) is 24.3 Å². The molecule has 0 bridgehead atoms. The van der Waals surface area contributed by atoms with Crippen LogP contribution in [0.4, 0.5) is 5.69 Å². The molecule has 0 spiro atoms. The van der Waals surface area contributed by atoms with Gasteiger partial charge < -0.3 is 15.5 Å². The van der Waals surface area contributed by atoms with Crippen molar-refractivity contribution in [2.45, 2.75) is 26.2 Å². The van der Waals surface area contributed by atoms with E-state index in [4.69, 9.17) is 5.73 Å². The molecule has 3 heteroatoms. The molecule has 19 heavy (non-hydrogen) atoms. The Morgan fingerprint density at radius 2 is 1.79 bits per heavy atom. The molecule has 1 aromatic carbocycles. The minimum atomic E-state index is 0.871. The quantitative estimate of drug-likeness (QED) is 0.695. The molecule has 0 heterocycles. The third kappa shape index (κ3) is 7.19. The molecule has 0 unspecified atom stereocenters. The van der Waals surface area contributed by atoms with Crippen molar-refractivity contribution in [3.8, 4) is 0 Å². The summed E-state index contributed by atoms with van der Waals surface area (Å²) in [6.07, 6.45) is 3.58. The molecular weight excluding hydrogens is 234 g/mol. The molecular formula is C16H29N3. The Morgan fingerprint density at radius 3 is 2.42 bits per heavy atom. The zero-order valence-electron chi connectivity index (χ0n) is 12.7. The van der Waals surface area contributed by atoms with E-state index in [0.29, 0.717) is 0 Å². The monoisotopic (exact) mass is 263 g/mol. The van der Waals surface area contributed by atoms with Crippen LogP contribution in [0.1, 0.15) is 25.3 Å². The van der Waals surface area contributed by atoms with Crippen LogP contribution in [-0.2, 0) is 6.42 Å². The molecule has 108 valence electrons. The van der Waals surface area contributed by atoms with E-state index < -0.39 is 0 Å². The van der Waals surface area contributed by atoms with E-state index in [1.54, 1.807) is 0 Å². The summed E-state index contributed by atoms with van der Waals surface area (Å²) in [4.78, 5) is 4.79. The first-order valence-corrected chi connectivity index (χ1v) is 7.33. The Morgan fingerprint density at radius 1 is 1.05 bits per heavy atom. The first-order chi connectivity index (χ1) is 9.11. The number of hydrogen-bond donors (Lipinski definition) is 1. The van der Waals surface area contributed by atoms with Crippen LogP contribution in [0, 0.1) is 0 Å². The van der Waals surface area contributed by atoms with Crippen LogP contribution >= 0.6 is 0 Å². The van der Waals surface area contributed by atoms with E-state index in [0.717, 1.165) is 18.7 Å². The molecule has 0 saturated carbocycles. The number of nitrogens with zero attached hydrogens (tertiary/aromatic N) is 2. The molecule has 0 aliphatic carbocycles. The van der Waals surface area contributed by atoms with Gasteiger partial charge in [-0.15, -0.1) is 0 Å². The second kappa shape index (κ2) is 8.94. The van der Waals surface area contributed by atoms with Gasteiger partial charge in [-0.2, -0.15) is 0 Å². The number of nitrogens with two attached hydrogens (primary N) is 1. The van der Waals surface area contributed by atoms with Gasteiger partial charge in [0, 0.05) is 5.69 Å². The van der Waals surface area contributed by atoms with Crippen LogP contribution in [0.2, 0.25) is 0 Å². The first-order valence-electron chi connectivity index (χ1n) is 7.33. The van der Waals surface area contributed by atoms with Gasteiger partial charge >= 0.3 is 0 Å². The summed E-state index contributed by atoms with van der Waals surface area (Å²) in [5.41, 5.74) is 8.02. The van der Waals surface area contributed by atoms with Crippen molar-refractivity contribution < 1.29 is 0 Å². The lowest BCUT2D eigenvalue weighted by atomic mass is 10.1. The average Bonchev–Trinajstić information content (AvgIpc) is 2.36.